The van der Waals surface area contributed by atoms with E-state index in [9.17, 15) is 13.9 Å². The maximum Gasteiger partial charge on any atom is 0.159 e. The first-order valence-corrected chi connectivity index (χ1v) is 7.24. The first-order chi connectivity index (χ1) is 9.11. The number of halogens is 2. The normalized spacial score (nSPS) is 25.3. The van der Waals surface area contributed by atoms with Gasteiger partial charge in [-0.2, -0.15) is 0 Å². The van der Waals surface area contributed by atoms with Crippen LogP contribution < -0.4 is 0 Å². The van der Waals surface area contributed by atoms with Crippen LogP contribution in [0.4, 0.5) is 8.78 Å². The van der Waals surface area contributed by atoms with Crippen molar-refractivity contribution in [3.63, 3.8) is 0 Å². The minimum Gasteiger partial charge on any atom is -0.388 e. The van der Waals surface area contributed by atoms with Crippen molar-refractivity contribution < 1.29 is 13.9 Å². The first kappa shape index (κ1) is 14.4. The molecule has 1 saturated carbocycles. The topological polar surface area (TPSA) is 20.2 Å². The molecule has 2 rings (SSSR count). The zero-order valence-corrected chi connectivity index (χ0v) is 11.4. The molecule has 0 bridgehead atoms. The molecule has 0 spiro atoms. The molecule has 0 unspecified atom stereocenters. The highest BCUT2D eigenvalue weighted by molar-refractivity contribution is 5.20. The van der Waals surface area contributed by atoms with E-state index >= 15 is 0 Å². The lowest BCUT2D eigenvalue weighted by molar-refractivity contribution is 0.0665. The molecule has 1 N–H and O–H groups in total. The highest BCUT2D eigenvalue weighted by atomic mass is 19.2. The van der Waals surface area contributed by atoms with Gasteiger partial charge in [0.25, 0.3) is 0 Å². The Labute approximate surface area is 113 Å². The van der Waals surface area contributed by atoms with Crippen LogP contribution in [0.15, 0.2) is 18.2 Å². The van der Waals surface area contributed by atoms with Crippen LogP contribution in [-0.4, -0.2) is 5.11 Å². The highest BCUT2D eigenvalue weighted by Gasteiger charge is 2.28. The second-order valence-corrected chi connectivity index (χ2v) is 5.70. The third-order valence-corrected chi connectivity index (χ3v) is 4.25. The van der Waals surface area contributed by atoms with Crippen LogP contribution in [0.5, 0.6) is 0 Å². The van der Waals surface area contributed by atoms with Crippen molar-refractivity contribution in [3.8, 4) is 0 Å². The first-order valence-electron chi connectivity index (χ1n) is 7.24. The summed E-state index contributed by atoms with van der Waals surface area (Å²) in [4.78, 5) is 0. The van der Waals surface area contributed by atoms with Crippen molar-refractivity contribution >= 4 is 0 Å². The van der Waals surface area contributed by atoms with Gasteiger partial charge in [0.15, 0.2) is 11.6 Å². The molecule has 1 aromatic carbocycles. The Balaban J connectivity index is 2.05. The van der Waals surface area contributed by atoms with Crippen LogP contribution in [0.2, 0.25) is 0 Å². The summed E-state index contributed by atoms with van der Waals surface area (Å²) in [6.45, 7) is 2.18. The van der Waals surface area contributed by atoms with Crippen LogP contribution in [-0.2, 0) is 0 Å². The Morgan fingerprint density at radius 1 is 1.26 bits per heavy atom. The summed E-state index contributed by atoms with van der Waals surface area (Å²) in [5.74, 6) is -0.889. The van der Waals surface area contributed by atoms with Crippen molar-refractivity contribution in [1.82, 2.24) is 0 Å². The van der Waals surface area contributed by atoms with E-state index in [1.165, 1.54) is 25.3 Å². The second-order valence-electron chi connectivity index (χ2n) is 5.70. The second kappa shape index (κ2) is 6.47. The SMILES string of the molecule is CCC[C@H]1CCC[C@H]([C@H](O)c2ccc(F)c(F)c2)C1. The maximum atomic E-state index is 13.2. The third-order valence-electron chi connectivity index (χ3n) is 4.25. The van der Waals surface area contributed by atoms with Crippen molar-refractivity contribution in [1.29, 1.82) is 0 Å². The van der Waals surface area contributed by atoms with Crippen molar-refractivity contribution in [2.45, 2.75) is 51.6 Å². The van der Waals surface area contributed by atoms with E-state index in [-0.39, 0.29) is 5.92 Å². The highest BCUT2D eigenvalue weighted by Crippen LogP contribution is 2.39. The Bertz CT molecular complexity index is 417. The number of rotatable bonds is 4. The number of hydrogen-bond donors (Lipinski definition) is 1. The molecule has 0 amide bonds. The lowest BCUT2D eigenvalue weighted by atomic mass is 9.76. The molecule has 1 nitrogen and oxygen atoms in total. The lowest BCUT2D eigenvalue weighted by Gasteiger charge is -2.32. The van der Waals surface area contributed by atoms with E-state index in [2.05, 4.69) is 6.92 Å². The fraction of sp³-hybridized carbons (Fsp3) is 0.625. The number of aliphatic hydroxyl groups excluding tert-OH is 1. The predicted octanol–water partition coefficient (Wildman–Crippen LogP) is 4.60. The maximum absolute atomic E-state index is 13.2. The zero-order valence-electron chi connectivity index (χ0n) is 11.4. The van der Waals surface area contributed by atoms with Crippen LogP contribution in [0.3, 0.4) is 0 Å². The fourth-order valence-electron chi connectivity index (χ4n) is 3.26. The molecular weight excluding hydrogens is 246 g/mol. The minimum atomic E-state index is -0.877. The molecule has 1 aromatic rings. The van der Waals surface area contributed by atoms with Gasteiger partial charge in [-0.3, -0.25) is 0 Å². The van der Waals surface area contributed by atoms with E-state index in [0.29, 0.717) is 11.5 Å². The van der Waals surface area contributed by atoms with Gasteiger partial charge in [0, 0.05) is 0 Å². The summed E-state index contributed by atoms with van der Waals surface area (Å²) in [6.07, 6.45) is 6.01. The van der Waals surface area contributed by atoms with Crippen LogP contribution in [0, 0.1) is 23.5 Å². The molecule has 0 radical (unpaired) electrons. The lowest BCUT2D eigenvalue weighted by Crippen LogP contribution is -2.21. The molecule has 1 aliphatic rings. The standard InChI is InChI=1S/C16H22F2O/c1-2-4-11-5-3-6-12(9-11)16(19)13-7-8-14(17)15(18)10-13/h7-8,10-12,16,19H,2-6,9H2,1H3/t11-,12-,16-/m0/s1. The zero-order chi connectivity index (χ0) is 13.8. The van der Waals surface area contributed by atoms with Crippen LogP contribution >= 0.6 is 0 Å². The molecule has 1 fully saturated rings. The average molecular weight is 268 g/mol. The predicted molar refractivity (Wildman–Crippen MR) is 71.7 cm³/mol. The molecule has 106 valence electrons. The quantitative estimate of drug-likeness (QED) is 0.845. The summed E-state index contributed by atoms with van der Waals surface area (Å²) >= 11 is 0. The van der Waals surface area contributed by atoms with Gasteiger partial charge < -0.3 is 5.11 Å². The Morgan fingerprint density at radius 3 is 2.74 bits per heavy atom. The minimum absolute atomic E-state index is 0.176. The molecule has 1 aliphatic carbocycles. The largest absolute Gasteiger partial charge is 0.388 e. The molecule has 0 heterocycles. The molecule has 0 aliphatic heterocycles. The number of hydrogen-bond acceptors (Lipinski definition) is 1. The monoisotopic (exact) mass is 268 g/mol. The Kier molecular flexibility index (Phi) is 4.92. The van der Waals surface area contributed by atoms with Crippen molar-refractivity contribution in [2.24, 2.45) is 11.8 Å². The van der Waals surface area contributed by atoms with Gasteiger partial charge in [0.05, 0.1) is 6.10 Å². The van der Waals surface area contributed by atoms with Crippen molar-refractivity contribution in [2.75, 3.05) is 0 Å². The van der Waals surface area contributed by atoms with Gasteiger partial charge in [0.1, 0.15) is 0 Å². The molecular formula is C16H22F2O. The van der Waals surface area contributed by atoms with Crippen molar-refractivity contribution in [3.05, 3.63) is 35.4 Å². The van der Waals surface area contributed by atoms with Gasteiger partial charge in [-0.25, -0.2) is 8.78 Å². The van der Waals surface area contributed by atoms with Gasteiger partial charge in [0.2, 0.25) is 0 Å². The van der Waals surface area contributed by atoms with E-state index in [0.717, 1.165) is 31.4 Å². The number of aliphatic hydroxyl groups is 1. The molecule has 19 heavy (non-hydrogen) atoms. The van der Waals surface area contributed by atoms with Crippen LogP contribution in [0.25, 0.3) is 0 Å². The van der Waals surface area contributed by atoms with E-state index < -0.39 is 17.7 Å². The summed E-state index contributed by atoms with van der Waals surface area (Å²) in [5.41, 5.74) is 0.501. The number of benzene rings is 1. The summed E-state index contributed by atoms with van der Waals surface area (Å²) in [5, 5.41) is 10.4. The van der Waals surface area contributed by atoms with Crippen LogP contribution in [0.1, 0.15) is 57.1 Å². The molecule has 0 aromatic heterocycles. The molecule has 3 heteroatoms. The fourth-order valence-corrected chi connectivity index (χ4v) is 3.26. The molecule has 0 saturated heterocycles. The van der Waals surface area contributed by atoms with E-state index in [1.54, 1.807) is 0 Å². The Hall–Kier alpha value is -0.960. The smallest absolute Gasteiger partial charge is 0.159 e. The van der Waals surface area contributed by atoms with E-state index in [1.807, 2.05) is 0 Å². The summed E-state index contributed by atoms with van der Waals surface area (Å²) in [7, 11) is 0. The molecule has 3 atom stereocenters. The van der Waals surface area contributed by atoms with Gasteiger partial charge in [-0.05, 0) is 42.4 Å². The summed E-state index contributed by atoms with van der Waals surface area (Å²) < 4.78 is 26.1. The average Bonchev–Trinajstić information content (AvgIpc) is 2.42. The Morgan fingerprint density at radius 2 is 2.05 bits per heavy atom. The van der Waals surface area contributed by atoms with Gasteiger partial charge >= 0.3 is 0 Å². The van der Waals surface area contributed by atoms with Gasteiger partial charge in [-0.1, -0.05) is 38.7 Å². The summed E-state index contributed by atoms with van der Waals surface area (Å²) in [6, 6.07) is 3.72. The van der Waals surface area contributed by atoms with E-state index in [4.69, 9.17) is 0 Å². The van der Waals surface area contributed by atoms with Gasteiger partial charge in [-0.15, -0.1) is 0 Å². The third kappa shape index (κ3) is 3.53.